The summed E-state index contributed by atoms with van der Waals surface area (Å²) in [5, 5.41) is 7.94. The highest BCUT2D eigenvalue weighted by molar-refractivity contribution is 6.35. The fourth-order valence-electron chi connectivity index (χ4n) is 3.92. The van der Waals surface area contributed by atoms with Gasteiger partial charge in [-0.25, -0.2) is 5.43 Å². The Hall–Kier alpha value is -3.49. The minimum Gasteiger partial charge on any atom is -0.492 e. The Labute approximate surface area is 218 Å². The molecule has 36 heavy (non-hydrogen) atoms. The number of hydrogen-bond donors (Lipinski definition) is 2. The molecule has 0 atom stereocenters. The van der Waals surface area contributed by atoms with E-state index in [1.54, 1.807) is 31.2 Å². The predicted octanol–water partition coefficient (Wildman–Crippen LogP) is 5.78. The maximum absolute atomic E-state index is 13.0. The summed E-state index contributed by atoms with van der Waals surface area (Å²) in [5.74, 6) is 0.954. The molecule has 3 aromatic rings. The number of fused-ring (bicyclic) bond motifs is 1. The Kier molecular flexibility index (Phi) is 8.18. The van der Waals surface area contributed by atoms with E-state index >= 15 is 0 Å². The number of anilines is 1. The lowest BCUT2D eigenvalue weighted by Gasteiger charge is -2.13. The first kappa shape index (κ1) is 25.6. The van der Waals surface area contributed by atoms with Crippen LogP contribution in [0.5, 0.6) is 11.5 Å². The van der Waals surface area contributed by atoms with Crippen LogP contribution in [-0.4, -0.2) is 30.7 Å². The van der Waals surface area contributed by atoms with Crippen LogP contribution in [0, 0.1) is 6.92 Å². The number of halogens is 2. The number of amides is 2. The molecule has 2 amide bonds. The molecule has 1 aromatic heterocycles. The van der Waals surface area contributed by atoms with Crippen molar-refractivity contribution in [3.8, 4) is 11.5 Å². The van der Waals surface area contributed by atoms with Crippen LogP contribution in [0.25, 0.3) is 0 Å². The zero-order valence-electron chi connectivity index (χ0n) is 19.8. The highest BCUT2D eigenvalue weighted by atomic mass is 35.5. The molecular formula is C26H25Cl2N3O5. The molecular weight excluding hydrogens is 505 g/mol. The molecule has 0 unspecified atom stereocenters. The SMILES string of the molecule is CCOc1ccccc1NC(=O)c1oc2c(c1C)/C(=N/NC(=O)COc1ccc(Cl)cc1Cl)CCC2. The van der Waals surface area contributed by atoms with Crippen molar-refractivity contribution in [2.45, 2.75) is 33.1 Å². The zero-order valence-corrected chi connectivity index (χ0v) is 21.3. The smallest absolute Gasteiger partial charge is 0.291 e. The second-order valence-electron chi connectivity index (χ2n) is 8.05. The fourth-order valence-corrected chi connectivity index (χ4v) is 4.39. The number of para-hydroxylation sites is 2. The summed E-state index contributed by atoms with van der Waals surface area (Å²) in [6, 6.07) is 11.9. The van der Waals surface area contributed by atoms with Gasteiger partial charge in [-0.1, -0.05) is 35.3 Å². The number of carbonyl (C=O) groups is 2. The standard InChI is InChI=1S/C26H25Cl2N3O5/c1-3-34-21-9-5-4-7-18(21)29-26(33)25-15(2)24-19(8-6-10-22(24)36-25)30-31-23(32)14-35-20-12-11-16(27)13-17(20)28/h4-5,7,9,11-13H,3,6,8,10,14H2,1-2H3,(H,29,33)(H,31,32)/b30-19+. The maximum atomic E-state index is 13.0. The third kappa shape index (κ3) is 5.83. The molecule has 1 aliphatic rings. The van der Waals surface area contributed by atoms with Crippen LogP contribution in [0.4, 0.5) is 5.69 Å². The Bertz CT molecular complexity index is 1320. The zero-order chi connectivity index (χ0) is 25.7. The van der Waals surface area contributed by atoms with Gasteiger partial charge in [0.25, 0.3) is 11.8 Å². The van der Waals surface area contributed by atoms with Crippen molar-refractivity contribution in [3.63, 3.8) is 0 Å². The van der Waals surface area contributed by atoms with Gasteiger partial charge in [-0.2, -0.15) is 5.10 Å². The molecule has 0 aliphatic heterocycles. The number of carbonyl (C=O) groups excluding carboxylic acids is 2. The van der Waals surface area contributed by atoms with Crippen LogP contribution >= 0.6 is 23.2 Å². The van der Waals surface area contributed by atoms with Gasteiger partial charge < -0.3 is 19.2 Å². The van der Waals surface area contributed by atoms with E-state index in [1.165, 1.54) is 6.07 Å². The summed E-state index contributed by atoms with van der Waals surface area (Å²) < 4.78 is 17.0. The number of nitrogens with zero attached hydrogens (tertiary/aromatic N) is 1. The van der Waals surface area contributed by atoms with Gasteiger partial charge in [0.2, 0.25) is 0 Å². The number of furan rings is 1. The van der Waals surface area contributed by atoms with E-state index in [9.17, 15) is 9.59 Å². The van der Waals surface area contributed by atoms with Crippen molar-refractivity contribution in [2.75, 3.05) is 18.5 Å². The van der Waals surface area contributed by atoms with Crippen LogP contribution in [0.15, 0.2) is 52.0 Å². The quantitative estimate of drug-likeness (QED) is 0.360. The number of aryl methyl sites for hydroxylation is 1. The largest absolute Gasteiger partial charge is 0.492 e. The molecule has 0 saturated carbocycles. The highest BCUT2D eigenvalue weighted by Gasteiger charge is 2.28. The summed E-state index contributed by atoms with van der Waals surface area (Å²) in [7, 11) is 0. The summed E-state index contributed by atoms with van der Waals surface area (Å²) >= 11 is 11.9. The van der Waals surface area contributed by atoms with Crippen LogP contribution in [0.2, 0.25) is 10.0 Å². The van der Waals surface area contributed by atoms with Gasteiger partial charge in [0, 0.05) is 22.6 Å². The average molecular weight is 530 g/mol. The minimum absolute atomic E-state index is 0.202. The molecule has 2 N–H and O–H groups in total. The van der Waals surface area contributed by atoms with Gasteiger partial charge in [0.1, 0.15) is 17.3 Å². The molecule has 8 nitrogen and oxygen atoms in total. The molecule has 0 fully saturated rings. The molecule has 0 saturated heterocycles. The topological polar surface area (TPSA) is 102 Å². The van der Waals surface area contributed by atoms with Crippen molar-refractivity contribution in [1.29, 1.82) is 0 Å². The van der Waals surface area contributed by atoms with Crippen molar-refractivity contribution >= 4 is 46.4 Å². The summed E-state index contributed by atoms with van der Waals surface area (Å²) in [4.78, 5) is 25.4. The maximum Gasteiger partial charge on any atom is 0.291 e. The second kappa shape index (κ2) is 11.5. The van der Waals surface area contributed by atoms with E-state index < -0.39 is 5.91 Å². The monoisotopic (exact) mass is 529 g/mol. The van der Waals surface area contributed by atoms with Crippen LogP contribution < -0.4 is 20.2 Å². The third-order valence-electron chi connectivity index (χ3n) is 5.54. The lowest BCUT2D eigenvalue weighted by Crippen LogP contribution is -2.27. The lowest BCUT2D eigenvalue weighted by atomic mass is 9.93. The van der Waals surface area contributed by atoms with E-state index in [-0.39, 0.29) is 18.3 Å². The van der Waals surface area contributed by atoms with Gasteiger partial charge >= 0.3 is 0 Å². The van der Waals surface area contributed by atoms with Crippen molar-refractivity contribution in [3.05, 3.63) is 75.2 Å². The van der Waals surface area contributed by atoms with Crippen LogP contribution in [0.1, 0.15) is 47.2 Å². The normalized spacial score (nSPS) is 13.7. The minimum atomic E-state index is -0.452. The van der Waals surface area contributed by atoms with Gasteiger partial charge in [0.05, 0.1) is 23.0 Å². The number of benzene rings is 2. The molecule has 1 aliphatic carbocycles. The lowest BCUT2D eigenvalue weighted by molar-refractivity contribution is -0.123. The summed E-state index contributed by atoms with van der Waals surface area (Å²) in [5.41, 5.74) is 5.12. The highest BCUT2D eigenvalue weighted by Crippen LogP contribution is 2.32. The first-order valence-electron chi connectivity index (χ1n) is 11.5. The predicted molar refractivity (Wildman–Crippen MR) is 139 cm³/mol. The number of rotatable bonds is 8. The van der Waals surface area contributed by atoms with Crippen LogP contribution in [0.3, 0.4) is 0 Å². The Morgan fingerprint density at radius 1 is 1.08 bits per heavy atom. The van der Waals surface area contributed by atoms with Crippen LogP contribution in [-0.2, 0) is 11.2 Å². The average Bonchev–Trinajstić information content (AvgIpc) is 3.20. The number of ether oxygens (including phenoxy) is 2. The fraction of sp³-hybridized carbons (Fsp3) is 0.269. The molecule has 10 heteroatoms. The molecule has 0 radical (unpaired) electrons. The van der Waals surface area contributed by atoms with E-state index in [4.69, 9.17) is 37.1 Å². The van der Waals surface area contributed by atoms with E-state index in [0.717, 1.165) is 12.0 Å². The molecule has 188 valence electrons. The number of nitrogens with one attached hydrogen (secondary N) is 2. The second-order valence-corrected chi connectivity index (χ2v) is 8.89. The Morgan fingerprint density at radius 2 is 1.89 bits per heavy atom. The Balaban J connectivity index is 1.46. The first-order valence-corrected chi connectivity index (χ1v) is 12.2. The molecule has 1 heterocycles. The molecule has 0 spiro atoms. The van der Waals surface area contributed by atoms with E-state index in [0.29, 0.717) is 63.7 Å². The summed E-state index contributed by atoms with van der Waals surface area (Å²) in [6.07, 6.45) is 2.08. The van der Waals surface area contributed by atoms with Crippen molar-refractivity contribution < 1.29 is 23.5 Å². The van der Waals surface area contributed by atoms with E-state index in [2.05, 4.69) is 15.8 Å². The molecule has 4 rings (SSSR count). The van der Waals surface area contributed by atoms with Gasteiger partial charge in [0.15, 0.2) is 12.4 Å². The number of hydrogen-bond acceptors (Lipinski definition) is 6. The molecule has 0 bridgehead atoms. The number of hydrazone groups is 1. The third-order valence-corrected chi connectivity index (χ3v) is 6.07. The van der Waals surface area contributed by atoms with Gasteiger partial charge in [-0.3, -0.25) is 9.59 Å². The van der Waals surface area contributed by atoms with Crippen molar-refractivity contribution in [1.82, 2.24) is 5.43 Å². The van der Waals surface area contributed by atoms with Crippen molar-refractivity contribution in [2.24, 2.45) is 5.10 Å². The van der Waals surface area contributed by atoms with E-state index in [1.807, 2.05) is 19.1 Å². The molecule has 2 aromatic carbocycles. The Morgan fingerprint density at radius 3 is 2.67 bits per heavy atom. The van der Waals surface area contributed by atoms with Gasteiger partial charge in [-0.05, 0) is 57.0 Å². The van der Waals surface area contributed by atoms with Gasteiger partial charge in [-0.15, -0.1) is 0 Å². The summed E-state index contributed by atoms with van der Waals surface area (Å²) in [6.45, 7) is 3.88. The first-order chi connectivity index (χ1) is 17.4.